The Hall–Kier alpha value is -2.47. The van der Waals surface area contributed by atoms with E-state index in [-0.39, 0.29) is 6.61 Å². The molecule has 2 aliphatic rings. The fourth-order valence-electron chi connectivity index (χ4n) is 4.10. The summed E-state index contributed by atoms with van der Waals surface area (Å²) < 4.78 is 34.7. The van der Waals surface area contributed by atoms with E-state index < -0.39 is 66.7 Å². The number of ether oxygens (including phenoxy) is 4. The first-order valence-electron chi connectivity index (χ1n) is 11.6. The maximum absolute atomic E-state index is 12.0. The molecule has 5 atom stereocenters. The fraction of sp³-hybridized carbons (Fsp3) is 0.625. The molecule has 1 unspecified atom stereocenters. The number of hydrogen-bond acceptors (Lipinski definition) is 10. The van der Waals surface area contributed by atoms with Crippen molar-refractivity contribution in [3.63, 3.8) is 0 Å². The highest BCUT2D eigenvalue weighted by molar-refractivity contribution is 6.62. The molecule has 2 saturated heterocycles. The van der Waals surface area contributed by atoms with Gasteiger partial charge in [0.2, 0.25) is 0 Å². The summed E-state index contributed by atoms with van der Waals surface area (Å²) >= 11 is 0. The fourth-order valence-corrected chi connectivity index (χ4v) is 4.10. The molecule has 0 aromatic heterocycles. The molecule has 1 aromatic carbocycles. The lowest BCUT2D eigenvalue weighted by atomic mass is 9.77. The van der Waals surface area contributed by atoms with Gasteiger partial charge in [0, 0.05) is 20.8 Å². The lowest BCUT2D eigenvalue weighted by molar-refractivity contribution is -0.220. The second-order valence-corrected chi connectivity index (χ2v) is 9.88. The van der Waals surface area contributed by atoms with Crippen LogP contribution in [0, 0.1) is 0 Å². The molecular formula is C24H34BNO9. The first-order chi connectivity index (χ1) is 16.2. The van der Waals surface area contributed by atoms with Crippen molar-refractivity contribution in [2.75, 3.05) is 6.61 Å². The summed E-state index contributed by atoms with van der Waals surface area (Å²) in [6.07, 6.45) is -3.75. The molecule has 0 amide bonds. The van der Waals surface area contributed by atoms with Gasteiger partial charge in [-0.1, -0.05) is 24.3 Å². The van der Waals surface area contributed by atoms with E-state index in [0.29, 0.717) is 5.56 Å². The van der Waals surface area contributed by atoms with Crippen LogP contribution in [0.4, 0.5) is 0 Å². The Kier molecular flexibility index (Phi) is 7.95. The number of carbonyl (C=O) groups excluding carboxylic acids is 3. The van der Waals surface area contributed by atoms with Crippen molar-refractivity contribution in [1.29, 1.82) is 0 Å². The molecule has 192 valence electrons. The third-order valence-corrected chi connectivity index (χ3v) is 6.57. The van der Waals surface area contributed by atoms with Gasteiger partial charge in [-0.05, 0) is 38.7 Å². The molecule has 0 saturated carbocycles. The van der Waals surface area contributed by atoms with Crippen molar-refractivity contribution in [2.24, 2.45) is 5.73 Å². The first-order valence-corrected chi connectivity index (χ1v) is 11.6. The lowest BCUT2D eigenvalue weighted by Crippen LogP contribution is -2.61. The molecule has 3 rings (SSSR count). The molecule has 2 heterocycles. The van der Waals surface area contributed by atoms with E-state index in [9.17, 15) is 14.4 Å². The Bertz CT molecular complexity index is 950. The van der Waals surface area contributed by atoms with Crippen molar-refractivity contribution < 1.29 is 42.6 Å². The van der Waals surface area contributed by atoms with Crippen LogP contribution in [-0.2, 0) is 42.6 Å². The SMILES string of the molecule is CC(=O)OC[C@H]1O[C@H](c2cccc(B3OC(C)(C)C(C)(C)O3)c2)[C@@H](OC(C)=O)[C@@H](OC(C)=O)C1N. The average molecular weight is 491 g/mol. The normalized spacial score (nSPS) is 29.4. The van der Waals surface area contributed by atoms with Crippen LogP contribution in [0.2, 0.25) is 0 Å². The maximum Gasteiger partial charge on any atom is 0.494 e. The van der Waals surface area contributed by atoms with Crippen LogP contribution in [0.1, 0.15) is 60.1 Å². The van der Waals surface area contributed by atoms with Gasteiger partial charge in [0.25, 0.3) is 0 Å². The quantitative estimate of drug-likeness (QED) is 0.351. The van der Waals surface area contributed by atoms with E-state index in [1.54, 1.807) is 12.1 Å². The maximum atomic E-state index is 12.0. The predicted octanol–water partition coefficient (Wildman–Crippen LogP) is 1.18. The molecule has 35 heavy (non-hydrogen) atoms. The summed E-state index contributed by atoms with van der Waals surface area (Å²) in [4.78, 5) is 35.3. The van der Waals surface area contributed by atoms with Crippen molar-refractivity contribution in [2.45, 2.75) is 90.1 Å². The number of benzene rings is 1. The molecular weight excluding hydrogens is 457 g/mol. The predicted molar refractivity (Wildman–Crippen MR) is 125 cm³/mol. The monoisotopic (exact) mass is 491 g/mol. The Balaban J connectivity index is 1.98. The van der Waals surface area contributed by atoms with Gasteiger partial charge in [0.15, 0.2) is 12.2 Å². The zero-order chi connectivity index (χ0) is 26.1. The van der Waals surface area contributed by atoms with Crippen LogP contribution in [0.5, 0.6) is 0 Å². The molecule has 0 spiro atoms. The van der Waals surface area contributed by atoms with Gasteiger partial charge in [-0.2, -0.15) is 0 Å². The zero-order valence-electron chi connectivity index (χ0n) is 21.2. The van der Waals surface area contributed by atoms with E-state index >= 15 is 0 Å². The Morgan fingerprint density at radius 2 is 1.51 bits per heavy atom. The van der Waals surface area contributed by atoms with Gasteiger partial charge in [0.05, 0.1) is 17.2 Å². The minimum absolute atomic E-state index is 0.158. The lowest BCUT2D eigenvalue weighted by Gasteiger charge is -2.44. The van der Waals surface area contributed by atoms with Crippen LogP contribution in [0.15, 0.2) is 24.3 Å². The third-order valence-electron chi connectivity index (χ3n) is 6.57. The van der Waals surface area contributed by atoms with E-state index in [4.69, 9.17) is 34.0 Å². The minimum Gasteiger partial charge on any atom is -0.463 e. The van der Waals surface area contributed by atoms with Crippen LogP contribution in [0.25, 0.3) is 0 Å². The Morgan fingerprint density at radius 3 is 2.06 bits per heavy atom. The molecule has 0 radical (unpaired) electrons. The minimum atomic E-state index is -1.03. The topological polar surface area (TPSA) is 133 Å². The summed E-state index contributed by atoms with van der Waals surface area (Å²) in [7, 11) is -0.626. The van der Waals surface area contributed by atoms with Crippen LogP contribution in [0.3, 0.4) is 0 Å². The molecule has 2 fully saturated rings. The van der Waals surface area contributed by atoms with Gasteiger partial charge in [-0.3, -0.25) is 14.4 Å². The number of rotatable bonds is 6. The second kappa shape index (κ2) is 10.3. The smallest absolute Gasteiger partial charge is 0.463 e. The molecule has 11 heteroatoms. The van der Waals surface area contributed by atoms with E-state index in [1.165, 1.54) is 20.8 Å². The zero-order valence-corrected chi connectivity index (χ0v) is 21.2. The standard InChI is InChI=1S/C24H34BNO9/c1-13(27)30-12-18-19(26)21(31-14(2)28)22(32-15(3)29)20(33-18)16-9-8-10-17(11-16)25-34-23(4,5)24(6,7)35-25/h8-11,18-22H,12,26H2,1-7H3/t18-,19?,20-,21+,22-/m1/s1. The molecule has 0 bridgehead atoms. The highest BCUT2D eigenvalue weighted by Gasteiger charge is 2.52. The summed E-state index contributed by atoms with van der Waals surface area (Å²) in [6, 6.07) is 6.38. The first kappa shape index (κ1) is 27.1. The molecule has 0 aliphatic carbocycles. The van der Waals surface area contributed by atoms with Gasteiger partial charge in [-0.25, -0.2) is 0 Å². The summed E-state index contributed by atoms with van der Waals surface area (Å²) in [6.45, 7) is 11.4. The third kappa shape index (κ3) is 6.03. The van der Waals surface area contributed by atoms with Crippen molar-refractivity contribution in [3.8, 4) is 0 Å². The number of hydrogen-bond donors (Lipinski definition) is 1. The van der Waals surface area contributed by atoms with E-state index in [2.05, 4.69) is 0 Å². The largest absolute Gasteiger partial charge is 0.494 e. The van der Waals surface area contributed by atoms with Crippen molar-refractivity contribution in [1.82, 2.24) is 0 Å². The Morgan fingerprint density at radius 1 is 0.943 bits per heavy atom. The van der Waals surface area contributed by atoms with Crippen LogP contribution < -0.4 is 11.2 Å². The van der Waals surface area contributed by atoms with Gasteiger partial charge in [0.1, 0.15) is 18.8 Å². The molecule has 10 nitrogen and oxygen atoms in total. The van der Waals surface area contributed by atoms with E-state index in [1.807, 2.05) is 39.8 Å². The Labute approximate surface area is 205 Å². The highest BCUT2D eigenvalue weighted by Crippen LogP contribution is 2.38. The molecule has 2 aliphatic heterocycles. The average Bonchev–Trinajstić information content (AvgIpc) is 2.96. The van der Waals surface area contributed by atoms with Gasteiger partial charge in [-0.15, -0.1) is 0 Å². The van der Waals surface area contributed by atoms with Crippen LogP contribution >= 0.6 is 0 Å². The molecule has 1 aromatic rings. The summed E-state index contributed by atoms with van der Waals surface area (Å²) in [5.41, 5.74) is 6.63. The number of nitrogens with two attached hydrogens (primary N) is 1. The van der Waals surface area contributed by atoms with Gasteiger partial charge >= 0.3 is 25.0 Å². The molecule has 2 N–H and O–H groups in total. The van der Waals surface area contributed by atoms with Crippen molar-refractivity contribution in [3.05, 3.63) is 29.8 Å². The summed E-state index contributed by atoms with van der Waals surface area (Å²) in [5, 5.41) is 0. The number of esters is 3. The highest BCUT2D eigenvalue weighted by atomic mass is 16.7. The van der Waals surface area contributed by atoms with Gasteiger partial charge < -0.3 is 34.0 Å². The number of carbonyl (C=O) groups is 3. The summed E-state index contributed by atoms with van der Waals surface area (Å²) in [5.74, 6) is -1.69. The van der Waals surface area contributed by atoms with Crippen LogP contribution in [-0.4, -0.2) is 67.2 Å². The second-order valence-electron chi connectivity index (χ2n) is 9.88. The van der Waals surface area contributed by atoms with E-state index in [0.717, 1.165) is 5.46 Å². The van der Waals surface area contributed by atoms with Crippen molar-refractivity contribution >= 4 is 30.5 Å².